The molecule has 0 atom stereocenters. The van der Waals surface area contributed by atoms with Crippen molar-refractivity contribution in [2.45, 2.75) is 13.5 Å². The molecule has 0 bridgehead atoms. The van der Waals surface area contributed by atoms with Crippen molar-refractivity contribution < 1.29 is 19.1 Å². The summed E-state index contributed by atoms with van der Waals surface area (Å²) in [6.45, 7) is 2.69. The molecule has 1 saturated heterocycles. The molecular weight excluding hydrogens is 323 g/mol. The number of carbonyl (C=O) groups excluding carboxylic acids is 2. The SMILES string of the molecule is C/C(C=O)=C\N1CCN(Cc2ccc(F)c(Cl)c2)C(=O)/C1=C\O. The lowest BCUT2D eigenvalue weighted by Crippen LogP contribution is -2.46. The van der Waals surface area contributed by atoms with Crippen LogP contribution in [0, 0.1) is 5.82 Å². The molecule has 0 aliphatic carbocycles. The maximum atomic E-state index is 13.2. The van der Waals surface area contributed by atoms with E-state index in [1.54, 1.807) is 13.0 Å². The summed E-state index contributed by atoms with van der Waals surface area (Å²) in [5.74, 6) is -0.897. The number of amides is 1. The smallest absolute Gasteiger partial charge is 0.274 e. The third-order valence-electron chi connectivity index (χ3n) is 3.45. The molecule has 23 heavy (non-hydrogen) atoms. The minimum Gasteiger partial charge on any atom is -0.513 e. The summed E-state index contributed by atoms with van der Waals surface area (Å²) in [6.07, 6.45) is 2.91. The molecule has 2 rings (SSSR count). The fourth-order valence-corrected chi connectivity index (χ4v) is 2.49. The van der Waals surface area contributed by atoms with Crippen LogP contribution < -0.4 is 0 Å². The van der Waals surface area contributed by atoms with Crippen LogP contribution in [-0.2, 0) is 16.1 Å². The Morgan fingerprint density at radius 3 is 2.78 bits per heavy atom. The first-order chi connectivity index (χ1) is 11.0. The quantitative estimate of drug-likeness (QED) is 0.521. The number of aliphatic hydroxyl groups is 1. The van der Waals surface area contributed by atoms with Gasteiger partial charge in [0, 0.05) is 31.4 Å². The third kappa shape index (κ3) is 3.90. The number of piperazine rings is 1. The van der Waals surface area contributed by atoms with E-state index in [-0.39, 0.29) is 23.2 Å². The van der Waals surface area contributed by atoms with Gasteiger partial charge in [0.1, 0.15) is 24.1 Å². The second-order valence-electron chi connectivity index (χ2n) is 5.17. The zero-order valence-electron chi connectivity index (χ0n) is 12.5. The van der Waals surface area contributed by atoms with E-state index < -0.39 is 5.82 Å². The lowest BCUT2D eigenvalue weighted by molar-refractivity contribution is -0.131. The van der Waals surface area contributed by atoms with Crippen molar-refractivity contribution in [1.29, 1.82) is 0 Å². The number of halogens is 2. The predicted octanol–water partition coefficient (Wildman–Crippen LogP) is 2.63. The highest BCUT2D eigenvalue weighted by Gasteiger charge is 2.28. The molecule has 1 aromatic rings. The molecule has 0 spiro atoms. The van der Waals surface area contributed by atoms with Gasteiger partial charge in [-0.15, -0.1) is 0 Å². The Labute approximate surface area is 138 Å². The number of nitrogens with zero attached hydrogens (tertiary/aromatic N) is 2. The van der Waals surface area contributed by atoms with Gasteiger partial charge in [-0.05, 0) is 24.6 Å². The Hall–Kier alpha value is -2.34. The van der Waals surface area contributed by atoms with Gasteiger partial charge >= 0.3 is 0 Å². The van der Waals surface area contributed by atoms with E-state index in [9.17, 15) is 19.1 Å². The minimum absolute atomic E-state index is 0.00366. The normalized spacial score (nSPS) is 17.8. The molecular formula is C16H16ClFN2O3. The molecule has 122 valence electrons. The zero-order chi connectivity index (χ0) is 17.0. The Kier molecular flexibility index (Phi) is 5.39. The number of benzene rings is 1. The van der Waals surface area contributed by atoms with Gasteiger partial charge in [-0.1, -0.05) is 17.7 Å². The first-order valence-electron chi connectivity index (χ1n) is 6.94. The standard InChI is InChI=1S/C16H16ClFN2O3/c1-11(9-21)7-19-4-5-20(16(23)15(19)10-22)8-12-2-3-14(18)13(17)6-12/h2-3,6-7,9-10,22H,4-5,8H2,1H3/b11-7+,15-10+. The fourth-order valence-electron chi connectivity index (χ4n) is 2.28. The molecule has 0 unspecified atom stereocenters. The van der Waals surface area contributed by atoms with Crippen LogP contribution in [0.5, 0.6) is 0 Å². The van der Waals surface area contributed by atoms with Crippen LogP contribution in [0.25, 0.3) is 0 Å². The molecule has 1 amide bonds. The largest absolute Gasteiger partial charge is 0.513 e. The lowest BCUT2D eigenvalue weighted by atomic mass is 10.1. The van der Waals surface area contributed by atoms with E-state index in [0.717, 1.165) is 6.26 Å². The average Bonchev–Trinajstić information content (AvgIpc) is 2.53. The van der Waals surface area contributed by atoms with Crippen LogP contribution >= 0.6 is 11.6 Å². The number of rotatable bonds is 4. The molecule has 0 aromatic heterocycles. The summed E-state index contributed by atoms with van der Waals surface area (Å²) in [5.41, 5.74) is 1.21. The third-order valence-corrected chi connectivity index (χ3v) is 3.74. The molecule has 1 fully saturated rings. The summed E-state index contributed by atoms with van der Waals surface area (Å²) in [5, 5.41) is 9.34. The first kappa shape index (κ1) is 17.0. The topological polar surface area (TPSA) is 60.9 Å². The van der Waals surface area contributed by atoms with Crippen molar-refractivity contribution in [2.24, 2.45) is 0 Å². The number of aldehydes is 1. The highest BCUT2D eigenvalue weighted by Crippen LogP contribution is 2.21. The molecule has 0 saturated carbocycles. The van der Waals surface area contributed by atoms with Crippen molar-refractivity contribution >= 4 is 23.8 Å². The molecule has 1 aliphatic heterocycles. The van der Waals surface area contributed by atoms with Crippen LogP contribution in [0.1, 0.15) is 12.5 Å². The van der Waals surface area contributed by atoms with Crippen LogP contribution in [0.2, 0.25) is 5.02 Å². The number of hydrogen-bond donors (Lipinski definition) is 1. The number of aliphatic hydroxyl groups excluding tert-OH is 1. The van der Waals surface area contributed by atoms with Gasteiger partial charge in [0.05, 0.1) is 5.02 Å². The van der Waals surface area contributed by atoms with Gasteiger partial charge in [0.2, 0.25) is 0 Å². The molecule has 0 radical (unpaired) electrons. The summed E-state index contributed by atoms with van der Waals surface area (Å²) >= 11 is 5.74. The minimum atomic E-state index is -0.517. The van der Waals surface area contributed by atoms with Crippen LogP contribution in [-0.4, -0.2) is 40.2 Å². The summed E-state index contributed by atoms with van der Waals surface area (Å²) < 4.78 is 13.2. The maximum absolute atomic E-state index is 13.2. The molecule has 7 heteroatoms. The van der Waals surface area contributed by atoms with Gasteiger partial charge in [0.25, 0.3) is 5.91 Å². The molecule has 1 heterocycles. The average molecular weight is 339 g/mol. The van der Waals surface area contributed by atoms with E-state index in [4.69, 9.17) is 11.6 Å². The first-order valence-corrected chi connectivity index (χ1v) is 7.32. The number of hydrogen-bond acceptors (Lipinski definition) is 4. The van der Waals surface area contributed by atoms with Gasteiger partial charge < -0.3 is 14.9 Å². The Balaban J connectivity index is 2.16. The molecule has 5 nitrogen and oxygen atoms in total. The Morgan fingerprint density at radius 2 is 2.17 bits per heavy atom. The van der Waals surface area contributed by atoms with E-state index in [0.29, 0.717) is 30.5 Å². The monoisotopic (exact) mass is 338 g/mol. The lowest BCUT2D eigenvalue weighted by Gasteiger charge is -2.35. The van der Waals surface area contributed by atoms with Crippen molar-refractivity contribution in [3.05, 3.63) is 58.3 Å². The predicted molar refractivity (Wildman–Crippen MR) is 84.1 cm³/mol. The molecule has 1 aliphatic rings. The fraction of sp³-hybridized carbons (Fsp3) is 0.250. The van der Waals surface area contributed by atoms with Crippen molar-refractivity contribution in [2.75, 3.05) is 13.1 Å². The summed E-state index contributed by atoms with van der Waals surface area (Å²) in [4.78, 5) is 26.2. The second-order valence-corrected chi connectivity index (χ2v) is 5.58. The second kappa shape index (κ2) is 7.28. The Morgan fingerprint density at radius 1 is 1.43 bits per heavy atom. The summed E-state index contributed by atoms with van der Waals surface area (Å²) in [6, 6.07) is 4.27. The maximum Gasteiger partial charge on any atom is 0.274 e. The summed E-state index contributed by atoms with van der Waals surface area (Å²) in [7, 11) is 0. The highest BCUT2D eigenvalue weighted by molar-refractivity contribution is 6.30. The van der Waals surface area contributed by atoms with Crippen LogP contribution in [0.3, 0.4) is 0 Å². The zero-order valence-corrected chi connectivity index (χ0v) is 13.3. The van der Waals surface area contributed by atoms with E-state index >= 15 is 0 Å². The van der Waals surface area contributed by atoms with Crippen LogP contribution in [0.4, 0.5) is 4.39 Å². The van der Waals surface area contributed by atoms with E-state index in [1.807, 2.05) is 0 Å². The Bertz CT molecular complexity index is 688. The van der Waals surface area contributed by atoms with Crippen molar-refractivity contribution in [3.8, 4) is 0 Å². The van der Waals surface area contributed by atoms with Gasteiger partial charge in [-0.2, -0.15) is 0 Å². The molecule has 1 N–H and O–H groups in total. The molecule has 1 aromatic carbocycles. The van der Waals surface area contributed by atoms with Gasteiger partial charge in [-0.3, -0.25) is 9.59 Å². The van der Waals surface area contributed by atoms with Crippen molar-refractivity contribution in [3.63, 3.8) is 0 Å². The highest BCUT2D eigenvalue weighted by atomic mass is 35.5. The van der Waals surface area contributed by atoms with Gasteiger partial charge in [-0.25, -0.2) is 4.39 Å². The van der Waals surface area contributed by atoms with Crippen molar-refractivity contribution in [1.82, 2.24) is 9.80 Å². The van der Waals surface area contributed by atoms with Crippen LogP contribution in [0.15, 0.2) is 41.9 Å². The number of carbonyl (C=O) groups is 2. The number of allylic oxidation sites excluding steroid dienone is 1. The van der Waals surface area contributed by atoms with E-state index in [1.165, 1.54) is 28.1 Å². The van der Waals surface area contributed by atoms with E-state index in [2.05, 4.69) is 0 Å². The van der Waals surface area contributed by atoms with Gasteiger partial charge in [0.15, 0.2) is 0 Å².